The number of fused-ring (bicyclic) bond motifs is 2. The molecule has 0 saturated heterocycles. The van der Waals surface area contributed by atoms with Crippen LogP contribution in [-0.4, -0.2) is 17.9 Å². The van der Waals surface area contributed by atoms with Gasteiger partial charge in [0.2, 0.25) is 11.8 Å². The number of benzene rings is 1. The number of carbonyl (C=O) groups excluding carboxylic acids is 2. The molecule has 144 valence electrons. The van der Waals surface area contributed by atoms with Crippen molar-refractivity contribution < 1.29 is 9.59 Å². The molecule has 3 atom stereocenters. The summed E-state index contributed by atoms with van der Waals surface area (Å²) in [6.45, 7) is 0. The maximum Gasteiger partial charge on any atom is 0.223 e. The SMILES string of the molecule is Cl.NC(=O)C[C@@H](NC(=O)C1CC2CCCC(C1)C2N)c1cccc(Cl)c1. The normalized spacial score (nSPS) is 28.5. The van der Waals surface area contributed by atoms with Gasteiger partial charge in [0.25, 0.3) is 0 Å². The third kappa shape index (κ3) is 4.90. The van der Waals surface area contributed by atoms with Crippen LogP contribution in [0.3, 0.4) is 0 Å². The first kappa shape index (κ1) is 21.0. The zero-order valence-electron chi connectivity index (χ0n) is 14.7. The largest absolute Gasteiger partial charge is 0.370 e. The van der Waals surface area contributed by atoms with Crippen molar-refractivity contribution in [3.05, 3.63) is 34.9 Å². The number of hydrogen-bond donors (Lipinski definition) is 3. The summed E-state index contributed by atoms with van der Waals surface area (Å²) >= 11 is 6.05. The Morgan fingerprint density at radius 2 is 1.88 bits per heavy atom. The third-order valence-electron chi connectivity index (χ3n) is 5.76. The average Bonchev–Trinajstić information content (AvgIpc) is 2.53. The highest BCUT2D eigenvalue weighted by molar-refractivity contribution is 6.30. The quantitative estimate of drug-likeness (QED) is 0.709. The number of halogens is 2. The van der Waals surface area contributed by atoms with Crippen LogP contribution in [0.1, 0.15) is 50.1 Å². The van der Waals surface area contributed by atoms with Gasteiger partial charge in [-0.25, -0.2) is 0 Å². The fourth-order valence-corrected chi connectivity index (χ4v) is 4.67. The van der Waals surface area contributed by atoms with Crippen molar-refractivity contribution >= 4 is 35.8 Å². The summed E-state index contributed by atoms with van der Waals surface area (Å²) in [6, 6.07) is 6.97. The Kier molecular flexibility index (Phi) is 7.33. The summed E-state index contributed by atoms with van der Waals surface area (Å²) in [7, 11) is 0. The van der Waals surface area contributed by atoms with Crippen LogP contribution in [0, 0.1) is 17.8 Å². The first-order chi connectivity index (χ1) is 11.9. The Bertz CT molecular complexity index is 641. The molecular weight excluding hydrogens is 373 g/mol. The highest BCUT2D eigenvalue weighted by atomic mass is 35.5. The lowest BCUT2D eigenvalue weighted by molar-refractivity contribution is -0.129. The lowest BCUT2D eigenvalue weighted by Gasteiger charge is -2.43. The predicted molar refractivity (Wildman–Crippen MR) is 105 cm³/mol. The number of carbonyl (C=O) groups is 2. The minimum atomic E-state index is -0.451. The Balaban J connectivity index is 0.00000243. The van der Waals surface area contributed by atoms with Crippen molar-refractivity contribution in [2.24, 2.45) is 29.2 Å². The Morgan fingerprint density at radius 1 is 1.23 bits per heavy atom. The van der Waals surface area contributed by atoms with Gasteiger partial charge >= 0.3 is 0 Å². The van der Waals surface area contributed by atoms with E-state index in [9.17, 15) is 9.59 Å². The van der Waals surface area contributed by atoms with Crippen molar-refractivity contribution in [1.82, 2.24) is 5.32 Å². The molecule has 1 aromatic carbocycles. The van der Waals surface area contributed by atoms with Crippen LogP contribution >= 0.6 is 24.0 Å². The molecule has 0 aromatic heterocycles. The Labute approximate surface area is 165 Å². The van der Waals surface area contributed by atoms with Crippen LogP contribution in [0.25, 0.3) is 0 Å². The first-order valence-corrected chi connectivity index (χ1v) is 9.41. The number of primary amides is 1. The summed E-state index contributed by atoms with van der Waals surface area (Å²) in [6.07, 6.45) is 5.17. The average molecular weight is 400 g/mol. The smallest absolute Gasteiger partial charge is 0.223 e. The molecule has 7 heteroatoms. The zero-order chi connectivity index (χ0) is 18.0. The van der Waals surface area contributed by atoms with E-state index in [0.717, 1.165) is 31.2 Å². The van der Waals surface area contributed by atoms with Crippen LogP contribution in [-0.2, 0) is 9.59 Å². The van der Waals surface area contributed by atoms with Gasteiger partial charge in [0.15, 0.2) is 0 Å². The molecule has 5 nitrogen and oxygen atoms in total. The lowest BCUT2D eigenvalue weighted by Crippen LogP contribution is -2.49. The highest BCUT2D eigenvalue weighted by Gasteiger charge is 2.40. The van der Waals surface area contributed by atoms with Crippen LogP contribution in [0.4, 0.5) is 0 Å². The van der Waals surface area contributed by atoms with E-state index in [2.05, 4.69) is 5.32 Å². The number of rotatable bonds is 5. The van der Waals surface area contributed by atoms with Gasteiger partial charge in [-0.1, -0.05) is 30.2 Å². The van der Waals surface area contributed by atoms with E-state index in [1.807, 2.05) is 12.1 Å². The van der Waals surface area contributed by atoms with Crippen molar-refractivity contribution in [2.75, 3.05) is 0 Å². The van der Waals surface area contributed by atoms with Gasteiger partial charge in [-0.15, -0.1) is 12.4 Å². The molecule has 0 radical (unpaired) electrons. The highest BCUT2D eigenvalue weighted by Crippen LogP contribution is 2.42. The van der Waals surface area contributed by atoms with Crippen LogP contribution in [0.2, 0.25) is 5.02 Å². The molecule has 2 aliphatic rings. The molecule has 26 heavy (non-hydrogen) atoms. The van der Waals surface area contributed by atoms with Gasteiger partial charge in [0, 0.05) is 17.0 Å². The van der Waals surface area contributed by atoms with Crippen LogP contribution < -0.4 is 16.8 Å². The molecule has 0 aliphatic heterocycles. The van der Waals surface area contributed by atoms with E-state index in [4.69, 9.17) is 23.1 Å². The topological polar surface area (TPSA) is 98.2 Å². The van der Waals surface area contributed by atoms with Gasteiger partial charge in [-0.05, 0) is 55.2 Å². The zero-order valence-corrected chi connectivity index (χ0v) is 16.3. The molecule has 2 saturated carbocycles. The van der Waals surface area contributed by atoms with E-state index in [1.165, 1.54) is 6.42 Å². The van der Waals surface area contributed by atoms with Gasteiger partial charge in [-0.2, -0.15) is 0 Å². The Hall–Kier alpha value is -1.30. The molecular formula is C19H27Cl2N3O2. The maximum atomic E-state index is 12.8. The van der Waals surface area contributed by atoms with Crippen LogP contribution in [0.15, 0.2) is 24.3 Å². The van der Waals surface area contributed by atoms with Gasteiger partial charge in [0.1, 0.15) is 0 Å². The molecule has 3 rings (SSSR count). The fraction of sp³-hybridized carbons (Fsp3) is 0.579. The molecule has 5 N–H and O–H groups in total. The second kappa shape index (κ2) is 9.07. The van der Waals surface area contributed by atoms with Gasteiger partial charge < -0.3 is 16.8 Å². The van der Waals surface area contributed by atoms with E-state index >= 15 is 0 Å². The molecule has 2 unspecified atom stereocenters. The van der Waals surface area contributed by atoms with Crippen molar-refractivity contribution in [3.63, 3.8) is 0 Å². The predicted octanol–water partition coefficient (Wildman–Crippen LogP) is 2.95. The molecule has 0 heterocycles. The minimum absolute atomic E-state index is 0. The van der Waals surface area contributed by atoms with E-state index in [0.29, 0.717) is 16.9 Å². The molecule has 0 spiro atoms. The first-order valence-electron chi connectivity index (χ1n) is 9.03. The summed E-state index contributed by atoms with van der Waals surface area (Å²) in [5.41, 5.74) is 12.5. The van der Waals surface area contributed by atoms with Gasteiger partial charge in [0.05, 0.1) is 12.5 Å². The monoisotopic (exact) mass is 399 g/mol. The van der Waals surface area contributed by atoms with Crippen molar-refractivity contribution in [1.29, 1.82) is 0 Å². The number of nitrogens with two attached hydrogens (primary N) is 2. The number of amides is 2. The maximum absolute atomic E-state index is 12.8. The standard InChI is InChI=1S/C19H26ClN3O2.ClH/c20-15-6-2-3-11(9-15)16(10-17(21)24)23-19(25)14-7-12-4-1-5-13(8-14)18(12)22;/h2-3,6,9,12-14,16,18H,1,4-5,7-8,10,22H2,(H2,21,24)(H,23,25);1H/t12?,13?,14?,16-,18?;/m1./s1. The summed E-state index contributed by atoms with van der Waals surface area (Å²) in [4.78, 5) is 24.3. The third-order valence-corrected chi connectivity index (χ3v) is 5.99. The van der Waals surface area contributed by atoms with E-state index in [1.54, 1.807) is 12.1 Å². The summed E-state index contributed by atoms with van der Waals surface area (Å²) in [5.74, 6) is 0.375. The minimum Gasteiger partial charge on any atom is -0.370 e. The summed E-state index contributed by atoms with van der Waals surface area (Å²) in [5, 5.41) is 3.60. The molecule has 2 aliphatic carbocycles. The van der Waals surface area contributed by atoms with E-state index < -0.39 is 11.9 Å². The molecule has 1 aromatic rings. The Morgan fingerprint density at radius 3 is 2.46 bits per heavy atom. The van der Waals surface area contributed by atoms with Crippen molar-refractivity contribution in [3.8, 4) is 0 Å². The van der Waals surface area contributed by atoms with Crippen molar-refractivity contribution in [2.45, 2.75) is 50.6 Å². The fourth-order valence-electron chi connectivity index (χ4n) is 4.47. The lowest BCUT2D eigenvalue weighted by atomic mass is 9.65. The molecule has 2 fully saturated rings. The molecule has 2 bridgehead atoms. The molecule has 2 amide bonds. The second-order valence-electron chi connectivity index (χ2n) is 7.48. The number of hydrogen-bond acceptors (Lipinski definition) is 3. The van der Waals surface area contributed by atoms with E-state index in [-0.39, 0.29) is 36.7 Å². The van der Waals surface area contributed by atoms with Crippen LogP contribution in [0.5, 0.6) is 0 Å². The number of nitrogens with one attached hydrogen (secondary N) is 1. The van der Waals surface area contributed by atoms with Gasteiger partial charge in [-0.3, -0.25) is 9.59 Å². The summed E-state index contributed by atoms with van der Waals surface area (Å²) < 4.78 is 0. The second-order valence-corrected chi connectivity index (χ2v) is 7.92.